The molecule has 8 nitrogen and oxygen atoms in total. The zero-order chi connectivity index (χ0) is 22.0. The van der Waals surface area contributed by atoms with E-state index in [0.717, 1.165) is 5.56 Å². The number of aryl methyl sites for hydroxylation is 1. The van der Waals surface area contributed by atoms with Gasteiger partial charge in [0.1, 0.15) is 0 Å². The molecule has 9 heteroatoms. The normalized spacial score (nSPS) is 13.8. The van der Waals surface area contributed by atoms with E-state index in [0.29, 0.717) is 17.5 Å². The first-order valence-electron chi connectivity index (χ1n) is 9.87. The molecule has 0 saturated carbocycles. The molecule has 160 valence electrons. The largest absolute Gasteiger partial charge is 0.274 e. The van der Waals surface area contributed by atoms with Crippen LogP contribution in [0.3, 0.4) is 0 Å². The minimum atomic E-state index is -3.84. The number of hydrogen-bond donors (Lipinski definition) is 0. The van der Waals surface area contributed by atoms with Crippen molar-refractivity contribution in [3.8, 4) is 0 Å². The number of carbonyl (C=O) groups is 2. The number of imide groups is 1. The van der Waals surface area contributed by atoms with Crippen molar-refractivity contribution >= 4 is 21.8 Å². The second-order valence-electron chi connectivity index (χ2n) is 7.31. The number of hydrogen-bond acceptors (Lipinski definition) is 5. The van der Waals surface area contributed by atoms with E-state index in [9.17, 15) is 18.0 Å². The minimum absolute atomic E-state index is 0.0355. The van der Waals surface area contributed by atoms with Crippen LogP contribution in [-0.4, -0.2) is 52.3 Å². The number of benzene rings is 2. The Morgan fingerprint density at radius 3 is 2.10 bits per heavy atom. The van der Waals surface area contributed by atoms with E-state index < -0.39 is 10.0 Å². The molecule has 2 aromatic carbocycles. The number of aromatic nitrogens is 2. The number of sulfonamides is 1. The molecule has 0 spiro atoms. The fourth-order valence-electron chi connectivity index (χ4n) is 3.58. The number of amides is 2. The molecule has 1 aliphatic heterocycles. The molecule has 3 aromatic rings. The number of carbonyl (C=O) groups excluding carboxylic acids is 2. The van der Waals surface area contributed by atoms with Gasteiger partial charge in [-0.3, -0.25) is 19.2 Å². The molecule has 1 aromatic heterocycles. The van der Waals surface area contributed by atoms with Crippen LogP contribution in [-0.2, 0) is 23.6 Å². The van der Waals surface area contributed by atoms with Gasteiger partial charge in [-0.1, -0.05) is 42.5 Å². The van der Waals surface area contributed by atoms with Crippen LogP contribution in [0, 0.1) is 0 Å². The Balaban J connectivity index is 1.50. The number of rotatable bonds is 8. The van der Waals surface area contributed by atoms with Gasteiger partial charge in [0, 0.05) is 32.9 Å². The van der Waals surface area contributed by atoms with Gasteiger partial charge in [-0.05, 0) is 30.2 Å². The molecular formula is C22H22N4O4S. The monoisotopic (exact) mass is 438 g/mol. The Morgan fingerprint density at radius 1 is 0.903 bits per heavy atom. The molecule has 1 aliphatic rings. The lowest BCUT2D eigenvalue weighted by atomic mass is 10.1. The molecule has 0 radical (unpaired) electrons. The van der Waals surface area contributed by atoms with E-state index >= 15 is 0 Å². The Labute approximate surface area is 180 Å². The van der Waals surface area contributed by atoms with Crippen molar-refractivity contribution in [1.82, 2.24) is 19.0 Å². The van der Waals surface area contributed by atoms with Crippen molar-refractivity contribution < 1.29 is 18.0 Å². The van der Waals surface area contributed by atoms with E-state index in [2.05, 4.69) is 5.10 Å². The molecule has 0 unspecified atom stereocenters. The molecule has 31 heavy (non-hydrogen) atoms. The molecule has 2 heterocycles. The van der Waals surface area contributed by atoms with Crippen molar-refractivity contribution in [2.24, 2.45) is 7.05 Å². The van der Waals surface area contributed by atoms with Crippen LogP contribution in [0.25, 0.3) is 0 Å². The third kappa shape index (κ3) is 4.14. The maximum absolute atomic E-state index is 13.2. The highest BCUT2D eigenvalue weighted by molar-refractivity contribution is 7.89. The average molecular weight is 439 g/mol. The van der Waals surface area contributed by atoms with Crippen molar-refractivity contribution in [2.45, 2.75) is 18.0 Å². The molecule has 0 fully saturated rings. The summed E-state index contributed by atoms with van der Waals surface area (Å²) in [4.78, 5) is 26.3. The molecule has 4 rings (SSSR count). The highest BCUT2D eigenvalue weighted by atomic mass is 32.2. The lowest BCUT2D eigenvalue weighted by Gasteiger charge is -2.22. The Morgan fingerprint density at radius 2 is 1.52 bits per heavy atom. The van der Waals surface area contributed by atoms with Crippen molar-refractivity contribution in [1.29, 1.82) is 0 Å². The quantitative estimate of drug-likeness (QED) is 0.503. The molecule has 0 atom stereocenters. The zero-order valence-electron chi connectivity index (χ0n) is 17.0. The highest BCUT2D eigenvalue weighted by Gasteiger charge is 2.35. The van der Waals surface area contributed by atoms with E-state index in [-0.39, 0.29) is 36.5 Å². The summed E-state index contributed by atoms with van der Waals surface area (Å²) in [5.41, 5.74) is 1.60. The van der Waals surface area contributed by atoms with Crippen LogP contribution in [0.1, 0.15) is 32.7 Å². The fourth-order valence-corrected chi connectivity index (χ4v) is 5.00. The summed E-state index contributed by atoms with van der Waals surface area (Å²) in [6.07, 6.45) is 1.89. The van der Waals surface area contributed by atoms with Crippen LogP contribution in [0.2, 0.25) is 0 Å². The van der Waals surface area contributed by atoms with Crippen molar-refractivity contribution in [3.05, 3.63) is 83.6 Å². The van der Waals surface area contributed by atoms with Crippen LogP contribution in [0.15, 0.2) is 71.9 Å². The summed E-state index contributed by atoms with van der Waals surface area (Å²) in [5, 5.41) is 4.01. The predicted molar refractivity (Wildman–Crippen MR) is 114 cm³/mol. The standard InChI is InChI=1S/C22H22N4O4S/c1-24-15-12-20(23-24)31(29,30)25(16-17-8-3-2-4-9-17)13-7-14-26-21(27)18-10-5-6-11-19(18)22(26)28/h2-6,8-12,15H,7,13-14,16H2,1H3. The van der Waals surface area contributed by atoms with E-state index in [1.54, 1.807) is 37.5 Å². The zero-order valence-corrected chi connectivity index (χ0v) is 17.8. The minimum Gasteiger partial charge on any atom is -0.274 e. The Kier molecular flexibility index (Phi) is 5.71. The third-order valence-electron chi connectivity index (χ3n) is 5.16. The third-order valence-corrected chi connectivity index (χ3v) is 6.90. The van der Waals surface area contributed by atoms with E-state index in [1.165, 1.54) is 20.0 Å². The van der Waals surface area contributed by atoms with Crippen LogP contribution < -0.4 is 0 Å². The fraction of sp³-hybridized carbons (Fsp3) is 0.227. The lowest BCUT2D eigenvalue weighted by molar-refractivity contribution is 0.0650. The molecule has 0 N–H and O–H groups in total. The second kappa shape index (κ2) is 8.44. The van der Waals surface area contributed by atoms with Crippen LogP contribution in [0.5, 0.6) is 0 Å². The summed E-state index contributed by atoms with van der Waals surface area (Å²) >= 11 is 0. The van der Waals surface area contributed by atoms with Gasteiger partial charge in [-0.2, -0.15) is 9.40 Å². The smallest absolute Gasteiger partial charge is 0.262 e. The van der Waals surface area contributed by atoms with Gasteiger partial charge in [0.15, 0.2) is 5.03 Å². The second-order valence-corrected chi connectivity index (χ2v) is 9.20. The first-order valence-corrected chi connectivity index (χ1v) is 11.3. The molecular weight excluding hydrogens is 416 g/mol. The van der Waals surface area contributed by atoms with Gasteiger partial charge in [-0.25, -0.2) is 8.42 Å². The number of nitrogens with zero attached hydrogens (tertiary/aromatic N) is 4. The highest BCUT2D eigenvalue weighted by Crippen LogP contribution is 2.23. The summed E-state index contributed by atoms with van der Waals surface area (Å²) in [5.74, 6) is -0.689. The van der Waals surface area contributed by atoms with Gasteiger partial charge in [0.05, 0.1) is 11.1 Å². The predicted octanol–water partition coefficient (Wildman–Crippen LogP) is 2.30. The summed E-state index contributed by atoms with van der Waals surface area (Å²) in [6, 6.07) is 17.4. The topological polar surface area (TPSA) is 92.6 Å². The van der Waals surface area contributed by atoms with E-state index in [1.807, 2.05) is 30.3 Å². The summed E-state index contributed by atoms with van der Waals surface area (Å²) < 4.78 is 29.1. The van der Waals surface area contributed by atoms with Crippen LogP contribution >= 0.6 is 0 Å². The SMILES string of the molecule is Cn1ccc(S(=O)(=O)N(CCCN2C(=O)c3ccccc3C2=O)Cc2ccccc2)n1. The van der Waals surface area contributed by atoms with Gasteiger partial charge < -0.3 is 0 Å². The summed E-state index contributed by atoms with van der Waals surface area (Å²) in [7, 11) is -2.19. The Hall–Kier alpha value is -3.30. The van der Waals surface area contributed by atoms with Gasteiger partial charge in [0.2, 0.25) is 0 Å². The maximum Gasteiger partial charge on any atom is 0.262 e. The van der Waals surface area contributed by atoms with E-state index in [4.69, 9.17) is 0 Å². The number of fused-ring (bicyclic) bond motifs is 1. The lowest BCUT2D eigenvalue weighted by Crippen LogP contribution is -2.36. The first kappa shape index (κ1) is 21.0. The molecule has 0 bridgehead atoms. The van der Waals surface area contributed by atoms with Crippen LogP contribution in [0.4, 0.5) is 0 Å². The van der Waals surface area contributed by atoms with Gasteiger partial charge in [0.25, 0.3) is 21.8 Å². The summed E-state index contributed by atoms with van der Waals surface area (Å²) in [6.45, 7) is 0.443. The van der Waals surface area contributed by atoms with Crippen molar-refractivity contribution in [3.63, 3.8) is 0 Å². The first-order chi connectivity index (χ1) is 14.9. The van der Waals surface area contributed by atoms with Crippen molar-refractivity contribution in [2.75, 3.05) is 13.1 Å². The van der Waals surface area contributed by atoms with Gasteiger partial charge >= 0.3 is 0 Å². The molecule has 0 saturated heterocycles. The Bertz CT molecular complexity index is 1190. The maximum atomic E-state index is 13.2. The van der Waals surface area contributed by atoms with Gasteiger partial charge in [-0.15, -0.1) is 0 Å². The average Bonchev–Trinajstić information content (AvgIpc) is 3.31. The molecule has 0 aliphatic carbocycles. The molecule has 2 amide bonds.